The fraction of sp³-hybridized carbons (Fsp3) is 0.455. The first-order valence-corrected chi connectivity index (χ1v) is 17.8. The lowest BCUT2D eigenvalue weighted by Gasteiger charge is -2.35. The SMILES string of the molecule is Cc1c(C2=Cc3cnc(Nc4ccc(C5CNCCS5)cc4)nc3N(CC3CCOCC3)C2)cccc1S(=O)(=O)C(C)C. The van der Waals surface area contributed by atoms with Crippen LogP contribution in [0.25, 0.3) is 11.6 Å². The minimum atomic E-state index is -3.40. The van der Waals surface area contributed by atoms with Gasteiger partial charge in [0.2, 0.25) is 5.95 Å². The molecular formula is C33H41N5O3S2. The van der Waals surface area contributed by atoms with Crippen LogP contribution in [0.1, 0.15) is 54.2 Å². The van der Waals surface area contributed by atoms with E-state index in [0.29, 0.717) is 28.6 Å². The molecule has 0 saturated carbocycles. The number of hydrogen-bond donors (Lipinski definition) is 2. The molecule has 3 aliphatic heterocycles. The molecule has 2 fully saturated rings. The second kappa shape index (κ2) is 13.0. The van der Waals surface area contributed by atoms with Crippen molar-refractivity contribution in [1.82, 2.24) is 15.3 Å². The van der Waals surface area contributed by atoms with Crippen LogP contribution in [0.2, 0.25) is 0 Å². The fourth-order valence-electron chi connectivity index (χ4n) is 6.08. The van der Waals surface area contributed by atoms with E-state index in [4.69, 9.17) is 9.72 Å². The highest BCUT2D eigenvalue weighted by atomic mass is 32.2. The van der Waals surface area contributed by atoms with Gasteiger partial charge in [0.05, 0.1) is 10.1 Å². The predicted molar refractivity (Wildman–Crippen MR) is 177 cm³/mol. The number of hydrogen-bond acceptors (Lipinski definition) is 9. The largest absolute Gasteiger partial charge is 0.381 e. The maximum Gasteiger partial charge on any atom is 0.229 e. The molecule has 6 rings (SSSR count). The van der Waals surface area contributed by atoms with Crippen molar-refractivity contribution in [1.29, 1.82) is 0 Å². The molecule has 43 heavy (non-hydrogen) atoms. The van der Waals surface area contributed by atoms with Crippen molar-refractivity contribution in [3.8, 4) is 0 Å². The number of nitrogens with one attached hydrogen (secondary N) is 2. The van der Waals surface area contributed by atoms with Gasteiger partial charge in [-0.1, -0.05) is 24.3 Å². The Bertz CT molecular complexity index is 1580. The minimum absolute atomic E-state index is 0.405. The van der Waals surface area contributed by atoms with Crippen LogP contribution in [0.3, 0.4) is 0 Å². The second-order valence-electron chi connectivity index (χ2n) is 11.9. The molecule has 228 valence electrons. The molecule has 0 bridgehead atoms. The summed E-state index contributed by atoms with van der Waals surface area (Å²) >= 11 is 2.00. The molecule has 10 heteroatoms. The zero-order valence-electron chi connectivity index (χ0n) is 25.2. The van der Waals surface area contributed by atoms with Crippen LogP contribution in [0.15, 0.2) is 53.6 Å². The fourth-order valence-corrected chi connectivity index (χ4v) is 8.52. The van der Waals surface area contributed by atoms with Gasteiger partial charge in [0.1, 0.15) is 5.82 Å². The number of nitrogens with zero attached hydrogens (tertiary/aromatic N) is 3. The van der Waals surface area contributed by atoms with Gasteiger partial charge >= 0.3 is 0 Å². The average molecular weight is 620 g/mol. The number of thioether (sulfide) groups is 1. The Kier molecular flexibility index (Phi) is 9.09. The lowest BCUT2D eigenvalue weighted by Crippen LogP contribution is -2.36. The van der Waals surface area contributed by atoms with Crippen molar-refractivity contribution in [2.24, 2.45) is 5.92 Å². The molecule has 2 N–H and O–H groups in total. The number of ether oxygens (including phenoxy) is 1. The average Bonchev–Trinajstić information content (AvgIpc) is 3.02. The topological polar surface area (TPSA) is 96.4 Å². The summed E-state index contributed by atoms with van der Waals surface area (Å²) < 4.78 is 31.9. The molecule has 0 radical (unpaired) electrons. The second-order valence-corrected chi connectivity index (χ2v) is 15.7. The summed E-state index contributed by atoms with van der Waals surface area (Å²) in [6.07, 6.45) is 6.04. The van der Waals surface area contributed by atoms with Gasteiger partial charge in [-0.25, -0.2) is 13.4 Å². The Hall–Kier alpha value is -2.92. The van der Waals surface area contributed by atoms with Gasteiger partial charge < -0.3 is 20.3 Å². The van der Waals surface area contributed by atoms with Crippen molar-refractivity contribution in [2.75, 3.05) is 55.4 Å². The maximum absolute atomic E-state index is 13.1. The highest BCUT2D eigenvalue weighted by Gasteiger charge is 2.28. The summed E-state index contributed by atoms with van der Waals surface area (Å²) in [7, 11) is -3.40. The van der Waals surface area contributed by atoms with E-state index in [2.05, 4.69) is 50.9 Å². The van der Waals surface area contributed by atoms with Gasteiger partial charge in [-0.3, -0.25) is 0 Å². The molecule has 1 aromatic heterocycles. The van der Waals surface area contributed by atoms with E-state index in [-0.39, 0.29) is 0 Å². The number of benzene rings is 2. The van der Waals surface area contributed by atoms with E-state index in [1.165, 1.54) is 5.56 Å². The molecule has 3 aromatic rings. The van der Waals surface area contributed by atoms with E-state index in [0.717, 1.165) is 85.2 Å². The number of anilines is 3. The van der Waals surface area contributed by atoms with Gasteiger partial charge in [-0.2, -0.15) is 16.7 Å². The zero-order valence-corrected chi connectivity index (χ0v) is 26.8. The Morgan fingerprint density at radius 2 is 1.93 bits per heavy atom. The van der Waals surface area contributed by atoms with E-state index >= 15 is 0 Å². The van der Waals surface area contributed by atoms with Crippen LogP contribution in [0.5, 0.6) is 0 Å². The normalized spacial score (nSPS) is 19.7. The van der Waals surface area contributed by atoms with Gasteiger partial charge in [-0.05, 0) is 86.1 Å². The highest BCUT2D eigenvalue weighted by molar-refractivity contribution is 7.99. The molecule has 4 heterocycles. The zero-order chi connectivity index (χ0) is 30.0. The van der Waals surface area contributed by atoms with E-state index in [9.17, 15) is 8.42 Å². The van der Waals surface area contributed by atoms with Crippen molar-refractivity contribution in [3.05, 3.63) is 70.9 Å². The van der Waals surface area contributed by atoms with Gasteiger partial charge in [0.25, 0.3) is 0 Å². The number of sulfone groups is 1. The molecule has 0 amide bonds. The Morgan fingerprint density at radius 3 is 2.65 bits per heavy atom. The summed E-state index contributed by atoms with van der Waals surface area (Å²) in [5.74, 6) is 3.10. The smallest absolute Gasteiger partial charge is 0.229 e. The van der Waals surface area contributed by atoms with E-state index < -0.39 is 15.1 Å². The Labute approximate surface area is 259 Å². The van der Waals surface area contributed by atoms with E-state index in [1.54, 1.807) is 19.9 Å². The molecular weight excluding hydrogens is 579 g/mol. The quantitative estimate of drug-likeness (QED) is 0.321. The maximum atomic E-state index is 13.1. The van der Waals surface area contributed by atoms with Crippen molar-refractivity contribution >= 4 is 50.7 Å². The first kappa shape index (κ1) is 30.1. The molecule has 8 nitrogen and oxygen atoms in total. The van der Waals surface area contributed by atoms with Crippen LogP contribution in [-0.4, -0.2) is 68.8 Å². The lowest BCUT2D eigenvalue weighted by molar-refractivity contribution is 0.0683. The molecule has 0 aliphatic carbocycles. The van der Waals surface area contributed by atoms with Crippen molar-refractivity contribution in [2.45, 2.75) is 49.0 Å². The molecule has 2 saturated heterocycles. The minimum Gasteiger partial charge on any atom is -0.381 e. The first-order chi connectivity index (χ1) is 20.8. The van der Waals surface area contributed by atoms with Gasteiger partial charge in [0, 0.05) is 67.8 Å². The monoisotopic (exact) mass is 619 g/mol. The molecule has 3 aliphatic rings. The summed E-state index contributed by atoms with van der Waals surface area (Å²) in [4.78, 5) is 12.4. The molecule has 1 atom stereocenters. The summed E-state index contributed by atoms with van der Waals surface area (Å²) in [5.41, 5.74) is 6.05. The third-order valence-electron chi connectivity index (χ3n) is 8.63. The third kappa shape index (κ3) is 6.62. The van der Waals surface area contributed by atoms with Crippen LogP contribution in [-0.2, 0) is 14.6 Å². The van der Waals surface area contributed by atoms with E-state index in [1.807, 2.05) is 37.0 Å². The Balaban J connectivity index is 1.30. The molecule has 1 unspecified atom stereocenters. The number of aromatic nitrogens is 2. The van der Waals surface area contributed by atoms with Gasteiger partial charge in [0.15, 0.2) is 9.84 Å². The van der Waals surface area contributed by atoms with Gasteiger partial charge in [-0.15, -0.1) is 0 Å². The highest BCUT2D eigenvalue weighted by Crippen LogP contribution is 2.37. The number of fused-ring (bicyclic) bond motifs is 1. The lowest BCUT2D eigenvalue weighted by atomic mass is 9.94. The Morgan fingerprint density at radius 1 is 1.14 bits per heavy atom. The number of rotatable bonds is 8. The van der Waals surface area contributed by atoms with Crippen molar-refractivity contribution < 1.29 is 13.2 Å². The van der Waals surface area contributed by atoms with Crippen molar-refractivity contribution in [3.63, 3.8) is 0 Å². The van der Waals surface area contributed by atoms with Crippen LogP contribution < -0.4 is 15.5 Å². The van der Waals surface area contributed by atoms with Crippen LogP contribution in [0.4, 0.5) is 17.5 Å². The third-order valence-corrected chi connectivity index (χ3v) is 12.2. The summed E-state index contributed by atoms with van der Waals surface area (Å²) in [6, 6.07) is 14.2. The van der Waals surface area contributed by atoms with Crippen LogP contribution >= 0.6 is 11.8 Å². The predicted octanol–water partition coefficient (Wildman–Crippen LogP) is 5.88. The first-order valence-electron chi connectivity index (χ1n) is 15.2. The summed E-state index contributed by atoms with van der Waals surface area (Å²) in [6.45, 7) is 10.5. The molecule has 0 spiro atoms. The molecule has 2 aromatic carbocycles. The summed E-state index contributed by atoms with van der Waals surface area (Å²) in [5, 5.41) is 6.90. The van der Waals surface area contributed by atoms with Crippen LogP contribution in [0, 0.1) is 12.8 Å². The standard InChI is InChI=1S/C33H41N5O3S2/c1-22(2)43(39,40)31-6-4-5-29(23(31)3)27-17-26-18-35-33(37-32(26)38(21-27)20-24-11-14-41-15-12-24)36-28-9-7-25(8-10-28)30-19-34-13-16-42-30/h4-10,17-18,22,24,30,34H,11-16,19-21H2,1-3H3,(H,35,36,37).